The molecule has 2 fully saturated rings. The Bertz CT molecular complexity index is 1250. The van der Waals surface area contributed by atoms with Crippen molar-refractivity contribution in [2.45, 2.75) is 67.3 Å². The van der Waals surface area contributed by atoms with E-state index in [1.807, 2.05) is 18.2 Å². The summed E-state index contributed by atoms with van der Waals surface area (Å²) in [5.41, 5.74) is 3.02. The summed E-state index contributed by atoms with van der Waals surface area (Å²) in [6.07, 6.45) is 6.76. The van der Waals surface area contributed by atoms with Crippen LogP contribution in [0.25, 0.3) is 11.0 Å². The number of nitrogens with zero attached hydrogens (tertiary/aromatic N) is 3. The number of sulfonamides is 1. The van der Waals surface area contributed by atoms with Gasteiger partial charge in [-0.05, 0) is 67.5 Å². The van der Waals surface area contributed by atoms with Crippen molar-refractivity contribution >= 4 is 32.8 Å². The minimum Gasteiger partial charge on any atom is -0.497 e. The van der Waals surface area contributed by atoms with Crippen LogP contribution in [0.4, 0.5) is 0 Å². The van der Waals surface area contributed by atoms with Gasteiger partial charge in [0.2, 0.25) is 10.0 Å². The van der Waals surface area contributed by atoms with Crippen molar-refractivity contribution in [3.63, 3.8) is 0 Å². The first-order chi connectivity index (χ1) is 16.5. The number of methoxy groups -OCH3 is 1. The summed E-state index contributed by atoms with van der Waals surface area (Å²) in [6, 6.07) is 14.1. The average Bonchev–Trinajstić information content (AvgIpc) is 3.50. The zero-order valence-electron chi connectivity index (χ0n) is 19.9. The molecule has 6 nitrogen and oxygen atoms in total. The lowest BCUT2D eigenvalue weighted by molar-refractivity contribution is 0.281. The number of rotatable bonds is 7. The lowest BCUT2D eigenvalue weighted by Crippen LogP contribution is -2.39. The van der Waals surface area contributed by atoms with E-state index >= 15 is 0 Å². The van der Waals surface area contributed by atoms with Gasteiger partial charge in [0.25, 0.3) is 0 Å². The average molecular weight is 500 g/mol. The summed E-state index contributed by atoms with van der Waals surface area (Å²) < 4.78 is 36.0. The van der Waals surface area contributed by atoms with E-state index < -0.39 is 10.0 Å². The van der Waals surface area contributed by atoms with Crippen molar-refractivity contribution in [2.24, 2.45) is 5.92 Å². The molecule has 0 unspecified atom stereocenters. The second kappa shape index (κ2) is 9.91. The zero-order chi connectivity index (χ0) is 23.7. The highest BCUT2D eigenvalue weighted by molar-refractivity contribution is 7.98. The number of ether oxygens (including phenoxy) is 1. The third-order valence-electron chi connectivity index (χ3n) is 7.10. The summed E-state index contributed by atoms with van der Waals surface area (Å²) in [5, 5.41) is 0.971. The standard InChI is InChI=1S/C26H33N3O3S2/c1-19-6-5-15-28(17-19)34(30,31)23-13-14-25-24(16-23)27-26(29(25)21-7-3-4-8-21)33-18-20-9-11-22(32-2)12-10-20/h9-14,16,19,21H,3-8,15,17-18H2,1-2H3/t19-/m1/s1. The van der Waals surface area contributed by atoms with Gasteiger partial charge in [0, 0.05) is 24.9 Å². The Hall–Kier alpha value is -2.03. The van der Waals surface area contributed by atoms with Gasteiger partial charge < -0.3 is 9.30 Å². The quantitative estimate of drug-likeness (QED) is 0.380. The first-order valence-corrected chi connectivity index (χ1v) is 14.7. The van der Waals surface area contributed by atoms with Gasteiger partial charge >= 0.3 is 0 Å². The molecule has 8 heteroatoms. The fourth-order valence-corrected chi connectivity index (χ4v) is 7.87. The highest BCUT2D eigenvalue weighted by Gasteiger charge is 2.30. The highest BCUT2D eigenvalue weighted by atomic mass is 32.2. The number of fused-ring (bicyclic) bond motifs is 1. The SMILES string of the molecule is COc1ccc(CSc2nc3cc(S(=O)(=O)N4CCC[C@@H](C)C4)ccc3n2C2CCCC2)cc1. The number of hydrogen-bond donors (Lipinski definition) is 0. The van der Waals surface area contributed by atoms with Crippen LogP contribution in [0.15, 0.2) is 52.5 Å². The molecule has 0 bridgehead atoms. The van der Waals surface area contributed by atoms with Gasteiger partial charge in [-0.15, -0.1) is 0 Å². The molecule has 0 amide bonds. The maximum absolute atomic E-state index is 13.4. The van der Waals surface area contributed by atoms with E-state index in [0.717, 1.165) is 53.4 Å². The maximum atomic E-state index is 13.4. The summed E-state index contributed by atoms with van der Waals surface area (Å²) in [7, 11) is -1.83. The number of benzene rings is 2. The number of piperidine rings is 1. The van der Waals surface area contributed by atoms with E-state index in [4.69, 9.17) is 9.72 Å². The third-order valence-corrected chi connectivity index (χ3v) is 9.99. The van der Waals surface area contributed by atoms with Crippen LogP contribution in [-0.4, -0.2) is 42.5 Å². The van der Waals surface area contributed by atoms with Gasteiger partial charge in [-0.25, -0.2) is 13.4 Å². The molecule has 2 heterocycles. The Kier molecular flexibility index (Phi) is 6.91. The van der Waals surface area contributed by atoms with E-state index in [1.165, 1.54) is 18.4 Å². The third kappa shape index (κ3) is 4.72. The van der Waals surface area contributed by atoms with Crippen LogP contribution in [0.5, 0.6) is 5.75 Å². The molecule has 0 N–H and O–H groups in total. The molecule has 34 heavy (non-hydrogen) atoms. The molecule has 2 aliphatic rings. The number of thioether (sulfide) groups is 1. The van der Waals surface area contributed by atoms with Crippen LogP contribution in [0, 0.1) is 5.92 Å². The zero-order valence-corrected chi connectivity index (χ0v) is 21.6. The van der Waals surface area contributed by atoms with Gasteiger partial charge in [-0.2, -0.15) is 4.31 Å². The van der Waals surface area contributed by atoms with Crippen molar-refractivity contribution < 1.29 is 13.2 Å². The number of hydrogen-bond acceptors (Lipinski definition) is 5. The molecule has 2 aromatic carbocycles. The molecule has 0 spiro atoms. The molecule has 0 radical (unpaired) electrons. The van der Waals surface area contributed by atoms with Crippen LogP contribution in [0.2, 0.25) is 0 Å². The molecule has 1 aromatic heterocycles. The summed E-state index contributed by atoms with van der Waals surface area (Å²) in [6.45, 7) is 3.32. The Morgan fingerprint density at radius 3 is 2.53 bits per heavy atom. The lowest BCUT2D eigenvalue weighted by Gasteiger charge is -2.30. The number of aromatic nitrogens is 2. The van der Waals surface area contributed by atoms with Crippen molar-refractivity contribution in [1.29, 1.82) is 0 Å². The van der Waals surface area contributed by atoms with E-state index in [0.29, 0.717) is 29.9 Å². The highest BCUT2D eigenvalue weighted by Crippen LogP contribution is 2.38. The van der Waals surface area contributed by atoms with Crippen LogP contribution >= 0.6 is 11.8 Å². The lowest BCUT2D eigenvalue weighted by atomic mass is 10.0. The second-order valence-electron chi connectivity index (χ2n) is 9.60. The summed E-state index contributed by atoms with van der Waals surface area (Å²) >= 11 is 1.72. The molecular weight excluding hydrogens is 466 g/mol. The normalized spacial score (nSPS) is 20.2. The van der Waals surface area contributed by atoms with Crippen LogP contribution in [-0.2, 0) is 15.8 Å². The molecule has 1 aliphatic heterocycles. The predicted octanol–water partition coefficient (Wildman–Crippen LogP) is 5.87. The van der Waals surface area contributed by atoms with Crippen molar-refractivity contribution in [3.05, 3.63) is 48.0 Å². The summed E-state index contributed by atoms with van der Waals surface area (Å²) in [4.78, 5) is 5.32. The van der Waals surface area contributed by atoms with Gasteiger partial charge in [-0.3, -0.25) is 0 Å². The van der Waals surface area contributed by atoms with E-state index in [2.05, 4.69) is 23.6 Å². The molecule has 1 atom stereocenters. The Balaban J connectivity index is 1.47. The van der Waals surface area contributed by atoms with E-state index in [9.17, 15) is 8.42 Å². The van der Waals surface area contributed by atoms with Crippen molar-refractivity contribution in [3.8, 4) is 5.75 Å². The van der Waals surface area contributed by atoms with Crippen LogP contribution < -0.4 is 4.74 Å². The fourth-order valence-electron chi connectivity index (χ4n) is 5.22. The van der Waals surface area contributed by atoms with Crippen LogP contribution in [0.1, 0.15) is 57.1 Å². The molecular formula is C26H33N3O3S2. The molecule has 3 aromatic rings. The van der Waals surface area contributed by atoms with Gasteiger partial charge in [0.05, 0.1) is 23.0 Å². The molecule has 182 valence electrons. The van der Waals surface area contributed by atoms with Gasteiger partial charge in [0.1, 0.15) is 5.75 Å². The van der Waals surface area contributed by atoms with Gasteiger partial charge in [0.15, 0.2) is 5.16 Å². The second-order valence-corrected chi connectivity index (χ2v) is 12.5. The van der Waals surface area contributed by atoms with Crippen LogP contribution in [0.3, 0.4) is 0 Å². The minimum atomic E-state index is -3.51. The first-order valence-electron chi connectivity index (χ1n) is 12.2. The smallest absolute Gasteiger partial charge is 0.243 e. The summed E-state index contributed by atoms with van der Waals surface area (Å²) in [5.74, 6) is 2.05. The minimum absolute atomic E-state index is 0.358. The number of imidazole rings is 1. The molecule has 1 saturated carbocycles. The Labute approximate surface area is 206 Å². The largest absolute Gasteiger partial charge is 0.497 e. The predicted molar refractivity (Wildman–Crippen MR) is 137 cm³/mol. The topological polar surface area (TPSA) is 64.4 Å². The van der Waals surface area contributed by atoms with Crippen molar-refractivity contribution in [1.82, 2.24) is 13.9 Å². The van der Waals surface area contributed by atoms with Gasteiger partial charge in [-0.1, -0.05) is 43.7 Å². The van der Waals surface area contributed by atoms with E-state index in [-0.39, 0.29) is 0 Å². The molecule has 1 saturated heterocycles. The molecule has 1 aliphatic carbocycles. The monoisotopic (exact) mass is 499 g/mol. The van der Waals surface area contributed by atoms with E-state index in [1.54, 1.807) is 35.3 Å². The Morgan fingerprint density at radius 2 is 1.82 bits per heavy atom. The Morgan fingerprint density at radius 1 is 1.06 bits per heavy atom. The molecule has 5 rings (SSSR count). The van der Waals surface area contributed by atoms with Crippen molar-refractivity contribution in [2.75, 3.05) is 20.2 Å². The first kappa shape index (κ1) is 23.7. The fraction of sp³-hybridized carbons (Fsp3) is 0.500. The maximum Gasteiger partial charge on any atom is 0.243 e.